The Hall–Kier alpha value is -0.290. The predicted octanol–water partition coefficient (Wildman–Crippen LogP) is 2.74. The molecule has 18 heavy (non-hydrogen) atoms. The number of likely N-dealkylation sites (tertiary alicyclic amines) is 1. The van der Waals surface area contributed by atoms with Crippen LogP contribution in [-0.4, -0.2) is 37.0 Å². The lowest BCUT2D eigenvalue weighted by molar-refractivity contribution is 0.0643. The third kappa shape index (κ3) is 2.27. The Bertz CT molecular complexity index is 477. The molecule has 1 amide bonds. The minimum absolute atomic E-state index is 0.0218. The maximum Gasteiger partial charge on any atom is 0.256 e. The molecule has 0 aliphatic carbocycles. The summed E-state index contributed by atoms with van der Waals surface area (Å²) in [6, 6.07) is 1.68. The number of nitrogens with zero attached hydrogens (tertiary/aromatic N) is 1. The molecule has 0 aromatic carbocycles. The average molecular weight is 305 g/mol. The van der Waals surface area contributed by atoms with E-state index in [4.69, 9.17) is 23.2 Å². The lowest BCUT2D eigenvalue weighted by Crippen LogP contribution is -2.43. The second-order valence-electron chi connectivity index (χ2n) is 4.96. The van der Waals surface area contributed by atoms with E-state index < -0.39 is 0 Å². The molecule has 2 saturated heterocycles. The number of thiophene rings is 1. The van der Waals surface area contributed by atoms with Gasteiger partial charge in [-0.1, -0.05) is 23.2 Å². The number of piperidine rings is 1. The van der Waals surface area contributed by atoms with Crippen LogP contribution in [0.15, 0.2) is 6.07 Å². The van der Waals surface area contributed by atoms with E-state index in [9.17, 15) is 4.79 Å². The first-order chi connectivity index (χ1) is 8.65. The van der Waals surface area contributed by atoms with Crippen LogP contribution in [0.25, 0.3) is 0 Å². The lowest BCUT2D eigenvalue weighted by Gasteiger charge is -2.34. The smallest absolute Gasteiger partial charge is 0.256 e. The van der Waals surface area contributed by atoms with E-state index in [0.717, 1.165) is 38.5 Å². The van der Waals surface area contributed by atoms with Gasteiger partial charge < -0.3 is 10.2 Å². The molecule has 2 aliphatic rings. The van der Waals surface area contributed by atoms with Crippen molar-refractivity contribution in [1.29, 1.82) is 0 Å². The summed E-state index contributed by atoms with van der Waals surface area (Å²) in [5.74, 6) is 1.35. The van der Waals surface area contributed by atoms with Gasteiger partial charge in [0.1, 0.15) is 4.34 Å². The van der Waals surface area contributed by atoms with Crippen molar-refractivity contribution in [1.82, 2.24) is 10.2 Å². The van der Waals surface area contributed by atoms with Crippen molar-refractivity contribution in [3.63, 3.8) is 0 Å². The molecular weight excluding hydrogens is 291 g/mol. The third-order valence-corrected chi connectivity index (χ3v) is 5.37. The number of hydrogen-bond donors (Lipinski definition) is 1. The van der Waals surface area contributed by atoms with Crippen LogP contribution >= 0.6 is 34.5 Å². The highest BCUT2D eigenvalue weighted by Gasteiger charge is 2.35. The number of halogens is 2. The molecule has 1 N–H and O–H groups in total. The number of amides is 1. The highest BCUT2D eigenvalue weighted by Crippen LogP contribution is 2.33. The normalized spacial score (nSPS) is 27.3. The minimum Gasteiger partial charge on any atom is -0.338 e. The van der Waals surface area contributed by atoms with Crippen molar-refractivity contribution in [2.75, 3.05) is 26.2 Å². The number of hydrogen-bond acceptors (Lipinski definition) is 3. The van der Waals surface area contributed by atoms with Crippen LogP contribution in [0.4, 0.5) is 0 Å². The Morgan fingerprint density at radius 3 is 2.89 bits per heavy atom. The van der Waals surface area contributed by atoms with Crippen LogP contribution in [0.1, 0.15) is 16.8 Å². The van der Waals surface area contributed by atoms with Crippen LogP contribution in [0.5, 0.6) is 0 Å². The molecule has 3 rings (SSSR count). The number of nitrogens with one attached hydrogen (secondary N) is 1. The van der Waals surface area contributed by atoms with Gasteiger partial charge in [0.25, 0.3) is 5.91 Å². The van der Waals surface area contributed by atoms with E-state index >= 15 is 0 Å². The molecule has 2 aliphatic heterocycles. The summed E-state index contributed by atoms with van der Waals surface area (Å²) in [6.07, 6.45) is 1.08. The molecule has 3 heterocycles. The summed E-state index contributed by atoms with van der Waals surface area (Å²) in [4.78, 5) is 14.3. The van der Waals surface area contributed by atoms with E-state index in [1.807, 2.05) is 4.90 Å². The molecule has 1 aromatic heterocycles. The fourth-order valence-corrected chi connectivity index (χ4v) is 4.32. The Balaban J connectivity index is 1.75. The van der Waals surface area contributed by atoms with E-state index in [2.05, 4.69) is 5.32 Å². The van der Waals surface area contributed by atoms with Crippen molar-refractivity contribution >= 4 is 40.4 Å². The van der Waals surface area contributed by atoms with Crippen LogP contribution in [-0.2, 0) is 0 Å². The SMILES string of the molecule is O=C(c1cc(Cl)sc1Cl)N1CCC2CNCC2C1. The summed E-state index contributed by atoms with van der Waals surface area (Å²) >= 11 is 13.2. The fraction of sp³-hybridized carbons (Fsp3) is 0.583. The maximum atomic E-state index is 12.4. The van der Waals surface area contributed by atoms with Crippen LogP contribution < -0.4 is 5.32 Å². The van der Waals surface area contributed by atoms with Gasteiger partial charge in [-0.05, 0) is 37.4 Å². The summed E-state index contributed by atoms with van der Waals surface area (Å²) in [5, 5.41) is 3.40. The first-order valence-corrected chi connectivity index (χ1v) is 7.67. The molecule has 3 nitrogen and oxygen atoms in total. The van der Waals surface area contributed by atoms with Gasteiger partial charge >= 0.3 is 0 Å². The van der Waals surface area contributed by atoms with Gasteiger partial charge in [-0.2, -0.15) is 0 Å². The zero-order chi connectivity index (χ0) is 12.7. The van der Waals surface area contributed by atoms with Crippen LogP contribution in [0.2, 0.25) is 8.67 Å². The van der Waals surface area contributed by atoms with Gasteiger partial charge in [0.2, 0.25) is 0 Å². The molecular formula is C12H14Cl2N2OS. The maximum absolute atomic E-state index is 12.4. The van der Waals surface area contributed by atoms with E-state index in [1.165, 1.54) is 11.3 Å². The van der Waals surface area contributed by atoms with Gasteiger partial charge in [-0.25, -0.2) is 0 Å². The van der Waals surface area contributed by atoms with Crippen molar-refractivity contribution in [3.8, 4) is 0 Å². The molecule has 2 unspecified atom stereocenters. The average Bonchev–Trinajstić information content (AvgIpc) is 2.93. The zero-order valence-electron chi connectivity index (χ0n) is 9.79. The van der Waals surface area contributed by atoms with Crippen LogP contribution in [0.3, 0.4) is 0 Å². The number of fused-ring (bicyclic) bond motifs is 1. The van der Waals surface area contributed by atoms with Crippen molar-refractivity contribution in [3.05, 3.63) is 20.3 Å². The van der Waals surface area contributed by atoms with Crippen molar-refractivity contribution in [2.24, 2.45) is 11.8 Å². The Morgan fingerprint density at radius 2 is 2.17 bits per heavy atom. The predicted molar refractivity (Wildman–Crippen MR) is 74.7 cm³/mol. The summed E-state index contributed by atoms with van der Waals surface area (Å²) < 4.78 is 1.07. The molecule has 6 heteroatoms. The second kappa shape index (κ2) is 5.00. The highest BCUT2D eigenvalue weighted by atomic mass is 35.5. The van der Waals surface area contributed by atoms with Gasteiger partial charge in [-0.15, -0.1) is 11.3 Å². The molecule has 0 bridgehead atoms. The first kappa shape index (κ1) is 12.7. The molecule has 98 valence electrons. The molecule has 0 radical (unpaired) electrons. The minimum atomic E-state index is 0.0218. The number of carbonyl (C=O) groups is 1. The van der Waals surface area contributed by atoms with Crippen LogP contribution in [0, 0.1) is 11.8 Å². The van der Waals surface area contributed by atoms with E-state index in [0.29, 0.717) is 20.2 Å². The monoisotopic (exact) mass is 304 g/mol. The Kier molecular flexibility index (Phi) is 3.54. The molecule has 0 spiro atoms. The highest BCUT2D eigenvalue weighted by molar-refractivity contribution is 7.20. The third-order valence-electron chi connectivity index (χ3n) is 3.88. The largest absolute Gasteiger partial charge is 0.338 e. The molecule has 1 aromatic rings. The van der Waals surface area contributed by atoms with E-state index in [1.54, 1.807) is 6.07 Å². The number of rotatable bonds is 1. The second-order valence-corrected chi connectivity index (χ2v) is 7.24. The Morgan fingerprint density at radius 1 is 1.39 bits per heavy atom. The lowest BCUT2D eigenvalue weighted by atomic mass is 9.88. The standard InChI is InChI=1S/C12H14Cl2N2OS/c13-10-3-9(11(14)18-10)12(17)16-2-1-7-4-15-5-8(7)6-16/h3,7-8,15H,1-2,4-6H2. The fourth-order valence-electron chi connectivity index (χ4n) is 2.88. The molecule has 2 atom stereocenters. The van der Waals surface area contributed by atoms with Crippen molar-refractivity contribution in [2.45, 2.75) is 6.42 Å². The quantitative estimate of drug-likeness (QED) is 0.865. The summed E-state index contributed by atoms with van der Waals surface area (Å²) in [6.45, 7) is 3.77. The van der Waals surface area contributed by atoms with Gasteiger partial charge in [-0.3, -0.25) is 4.79 Å². The summed E-state index contributed by atoms with van der Waals surface area (Å²) in [7, 11) is 0. The zero-order valence-corrected chi connectivity index (χ0v) is 12.1. The van der Waals surface area contributed by atoms with Crippen molar-refractivity contribution < 1.29 is 4.79 Å². The van der Waals surface area contributed by atoms with E-state index in [-0.39, 0.29) is 5.91 Å². The van der Waals surface area contributed by atoms with Gasteiger partial charge in [0, 0.05) is 13.1 Å². The topological polar surface area (TPSA) is 32.3 Å². The van der Waals surface area contributed by atoms with Gasteiger partial charge in [0.15, 0.2) is 0 Å². The van der Waals surface area contributed by atoms with Gasteiger partial charge in [0.05, 0.1) is 9.90 Å². The number of carbonyl (C=O) groups excluding carboxylic acids is 1. The molecule has 2 fully saturated rings. The summed E-state index contributed by atoms with van der Waals surface area (Å²) in [5.41, 5.74) is 0.552. The Labute approximate surface area is 120 Å². The first-order valence-electron chi connectivity index (χ1n) is 6.10. The molecule has 0 saturated carbocycles.